The van der Waals surface area contributed by atoms with Gasteiger partial charge < -0.3 is 9.30 Å². The van der Waals surface area contributed by atoms with E-state index in [0.717, 1.165) is 28.9 Å². The van der Waals surface area contributed by atoms with Gasteiger partial charge in [-0.25, -0.2) is 17.8 Å². The Balaban J connectivity index is 1.65. The standard InChI is InChI=1S/C24H26FN3O3S/c1-17-15-27(16-26-17)23-11-6-19(14-24(23)31-3)13-22-5-4-12-28(32(22,29)30)18(2)20-7-9-21(25)10-8-20/h6-11,13-16,18H,4-5,12H2,1-3H3/b22-13+. The third kappa shape index (κ3) is 4.33. The van der Waals surface area contributed by atoms with Crippen LogP contribution in [-0.2, 0) is 10.0 Å². The molecule has 0 radical (unpaired) electrons. The molecule has 1 aromatic heterocycles. The number of sulfonamides is 1. The zero-order valence-corrected chi connectivity index (χ0v) is 19.1. The van der Waals surface area contributed by atoms with E-state index in [1.165, 1.54) is 16.4 Å². The first-order valence-electron chi connectivity index (χ1n) is 10.5. The van der Waals surface area contributed by atoms with Crippen molar-refractivity contribution in [2.24, 2.45) is 0 Å². The van der Waals surface area contributed by atoms with E-state index in [4.69, 9.17) is 4.74 Å². The average Bonchev–Trinajstić information content (AvgIpc) is 3.21. The van der Waals surface area contributed by atoms with E-state index in [1.807, 2.05) is 42.8 Å². The molecule has 0 saturated carbocycles. The summed E-state index contributed by atoms with van der Waals surface area (Å²) in [5, 5.41) is 0. The van der Waals surface area contributed by atoms with Crippen LogP contribution in [0.2, 0.25) is 0 Å². The molecule has 0 amide bonds. The first kappa shape index (κ1) is 22.2. The second kappa shape index (κ2) is 8.88. The molecule has 0 aliphatic carbocycles. The summed E-state index contributed by atoms with van der Waals surface area (Å²) in [6.07, 6.45) is 6.52. The fourth-order valence-electron chi connectivity index (χ4n) is 4.00. The maximum absolute atomic E-state index is 13.4. The van der Waals surface area contributed by atoms with Crippen LogP contribution >= 0.6 is 0 Å². The van der Waals surface area contributed by atoms with Gasteiger partial charge in [-0.2, -0.15) is 4.31 Å². The van der Waals surface area contributed by atoms with Crippen LogP contribution in [-0.4, -0.2) is 35.9 Å². The molecule has 1 aliphatic rings. The first-order valence-corrected chi connectivity index (χ1v) is 11.9. The van der Waals surface area contributed by atoms with E-state index in [2.05, 4.69) is 4.98 Å². The second-order valence-electron chi connectivity index (χ2n) is 7.91. The highest BCUT2D eigenvalue weighted by atomic mass is 32.2. The number of allylic oxidation sites excluding steroid dienone is 1. The van der Waals surface area contributed by atoms with Gasteiger partial charge in [-0.15, -0.1) is 0 Å². The number of methoxy groups -OCH3 is 1. The largest absolute Gasteiger partial charge is 0.495 e. The lowest BCUT2D eigenvalue weighted by Gasteiger charge is -2.33. The number of hydrogen-bond acceptors (Lipinski definition) is 4. The third-order valence-electron chi connectivity index (χ3n) is 5.75. The van der Waals surface area contributed by atoms with E-state index in [9.17, 15) is 12.8 Å². The highest BCUT2D eigenvalue weighted by Crippen LogP contribution is 2.35. The minimum atomic E-state index is -3.65. The fraction of sp³-hybridized carbons (Fsp3) is 0.292. The SMILES string of the molecule is COc1cc(/C=C2\CCCN(C(C)c3ccc(F)cc3)S2(=O)=O)ccc1-n1cnc(C)c1. The third-order valence-corrected chi connectivity index (χ3v) is 7.85. The number of hydrogen-bond donors (Lipinski definition) is 0. The molecule has 0 spiro atoms. The van der Waals surface area contributed by atoms with E-state index >= 15 is 0 Å². The van der Waals surface area contributed by atoms with Gasteiger partial charge in [0.2, 0.25) is 10.0 Å². The van der Waals surface area contributed by atoms with Gasteiger partial charge >= 0.3 is 0 Å². The summed E-state index contributed by atoms with van der Waals surface area (Å²) in [4.78, 5) is 4.61. The van der Waals surface area contributed by atoms with Crippen molar-refractivity contribution in [1.29, 1.82) is 0 Å². The van der Waals surface area contributed by atoms with E-state index in [1.54, 1.807) is 31.6 Å². The molecule has 1 aliphatic heterocycles. The summed E-state index contributed by atoms with van der Waals surface area (Å²) in [6.45, 7) is 4.17. The molecule has 1 saturated heterocycles. The van der Waals surface area contributed by atoms with Gasteiger partial charge in [0.25, 0.3) is 0 Å². The Labute approximate surface area is 188 Å². The molecule has 1 unspecified atom stereocenters. The van der Waals surface area contributed by atoms with Crippen LogP contribution in [0.15, 0.2) is 59.9 Å². The molecule has 2 heterocycles. The lowest BCUT2D eigenvalue weighted by Crippen LogP contribution is -2.38. The Morgan fingerprint density at radius 1 is 1.19 bits per heavy atom. The normalized spacial score (nSPS) is 18.6. The van der Waals surface area contributed by atoms with Crippen molar-refractivity contribution < 1.29 is 17.5 Å². The van der Waals surface area contributed by atoms with Gasteiger partial charge in [-0.05, 0) is 68.2 Å². The Hall–Kier alpha value is -2.97. The summed E-state index contributed by atoms with van der Waals surface area (Å²) in [7, 11) is -2.07. The molecule has 168 valence electrons. The van der Waals surface area contributed by atoms with Gasteiger partial charge in [0.1, 0.15) is 11.6 Å². The van der Waals surface area contributed by atoms with Gasteiger partial charge in [0.15, 0.2) is 0 Å². The van der Waals surface area contributed by atoms with E-state index in [0.29, 0.717) is 23.6 Å². The van der Waals surface area contributed by atoms with Gasteiger partial charge in [0.05, 0.1) is 29.7 Å². The highest BCUT2D eigenvalue weighted by molar-refractivity contribution is 7.93. The van der Waals surface area contributed by atoms with Crippen LogP contribution in [0.5, 0.6) is 5.75 Å². The molecule has 0 bridgehead atoms. The van der Waals surface area contributed by atoms with Crippen LogP contribution < -0.4 is 4.74 Å². The molecule has 1 fully saturated rings. The first-order chi connectivity index (χ1) is 15.3. The zero-order valence-electron chi connectivity index (χ0n) is 18.3. The van der Waals surface area contributed by atoms with Gasteiger partial charge in [0, 0.05) is 18.8 Å². The summed E-state index contributed by atoms with van der Waals surface area (Å²) in [5.41, 5.74) is 3.23. The van der Waals surface area contributed by atoms with Crippen molar-refractivity contribution in [1.82, 2.24) is 13.9 Å². The van der Waals surface area contributed by atoms with Crippen LogP contribution in [0, 0.1) is 12.7 Å². The number of aryl methyl sites for hydroxylation is 1. The fourth-order valence-corrected chi connectivity index (χ4v) is 5.90. The van der Waals surface area contributed by atoms with Crippen LogP contribution in [0.1, 0.15) is 42.6 Å². The number of aromatic nitrogens is 2. The molecule has 8 heteroatoms. The lowest BCUT2D eigenvalue weighted by molar-refractivity contribution is 0.330. The number of nitrogens with zero attached hydrogens (tertiary/aromatic N) is 3. The second-order valence-corrected chi connectivity index (χ2v) is 9.85. The lowest BCUT2D eigenvalue weighted by atomic mass is 10.1. The van der Waals surface area contributed by atoms with Crippen molar-refractivity contribution in [2.45, 2.75) is 32.7 Å². The zero-order chi connectivity index (χ0) is 22.9. The van der Waals surface area contributed by atoms with E-state index in [-0.39, 0.29) is 11.9 Å². The summed E-state index contributed by atoms with van der Waals surface area (Å²) in [6, 6.07) is 11.2. The Morgan fingerprint density at radius 2 is 1.94 bits per heavy atom. The molecular weight excluding hydrogens is 429 g/mol. The monoisotopic (exact) mass is 455 g/mol. The van der Waals surface area contributed by atoms with E-state index < -0.39 is 10.0 Å². The summed E-state index contributed by atoms with van der Waals surface area (Å²) >= 11 is 0. The number of ether oxygens (including phenoxy) is 1. The molecule has 4 rings (SSSR count). The number of halogens is 1. The Kier molecular flexibility index (Phi) is 6.17. The number of benzene rings is 2. The van der Waals surface area contributed by atoms with Crippen molar-refractivity contribution in [2.75, 3.05) is 13.7 Å². The molecule has 1 atom stereocenters. The Bertz CT molecular complexity index is 1250. The predicted molar refractivity (Wildman–Crippen MR) is 123 cm³/mol. The minimum absolute atomic E-state index is 0.341. The maximum Gasteiger partial charge on any atom is 0.239 e. The highest BCUT2D eigenvalue weighted by Gasteiger charge is 2.34. The topological polar surface area (TPSA) is 64.4 Å². The quantitative estimate of drug-likeness (QED) is 0.551. The number of imidazole rings is 1. The van der Waals surface area contributed by atoms with Crippen molar-refractivity contribution in [3.8, 4) is 11.4 Å². The molecule has 6 nitrogen and oxygen atoms in total. The summed E-state index contributed by atoms with van der Waals surface area (Å²) < 4.78 is 49.0. The van der Waals surface area contributed by atoms with Crippen LogP contribution in [0.4, 0.5) is 4.39 Å². The average molecular weight is 456 g/mol. The van der Waals surface area contributed by atoms with Crippen molar-refractivity contribution >= 4 is 16.1 Å². The smallest absolute Gasteiger partial charge is 0.239 e. The van der Waals surface area contributed by atoms with Gasteiger partial charge in [-0.3, -0.25) is 0 Å². The van der Waals surface area contributed by atoms with Crippen LogP contribution in [0.25, 0.3) is 11.8 Å². The number of rotatable bonds is 5. The van der Waals surface area contributed by atoms with Crippen LogP contribution in [0.3, 0.4) is 0 Å². The predicted octanol–water partition coefficient (Wildman–Crippen LogP) is 4.86. The van der Waals surface area contributed by atoms with Crippen molar-refractivity contribution in [3.05, 3.63) is 82.5 Å². The molecule has 32 heavy (non-hydrogen) atoms. The molecular formula is C24H26FN3O3S. The minimum Gasteiger partial charge on any atom is -0.495 e. The van der Waals surface area contributed by atoms with Gasteiger partial charge in [-0.1, -0.05) is 18.2 Å². The maximum atomic E-state index is 13.4. The summed E-state index contributed by atoms with van der Waals surface area (Å²) in [5.74, 6) is 0.285. The Morgan fingerprint density at radius 3 is 2.59 bits per heavy atom. The van der Waals surface area contributed by atoms with Crippen molar-refractivity contribution in [3.63, 3.8) is 0 Å². The molecule has 3 aromatic rings. The molecule has 0 N–H and O–H groups in total. The molecule has 2 aromatic carbocycles.